The van der Waals surface area contributed by atoms with Gasteiger partial charge in [-0.3, -0.25) is 18.7 Å². The molecule has 0 unspecified atom stereocenters. The van der Waals surface area contributed by atoms with Gasteiger partial charge in [-0.2, -0.15) is 0 Å². The van der Waals surface area contributed by atoms with Crippen molar-refractivity contribution in [2.24, 2.45) is 7.05 Å². The van der Waals surface area contributed by atoms with Gasteiger partial charge in [0.15, 0.2) is 11.2 Å². The predicted molar refractivity (Wildman–Crippen MR) is 107 cm³/mol. The summed E-state index contributed by atoms with van der Waals surface area (Å²) in [5.41, 5.74) is -0.761. The lowest BCUT2D eigenvalue weighted by atomic mass is 10.2. The van der Waals surface area contributed by atoms with Gasteiger partial charge in [-0.25, -0.2) is 14.6 Å². The van der Waals surface area contributed by atoms with E-state index in [1.54, 1.807) is 32.3 Å². The molecule has 2 heterocycles. The first-order valence-electron chi connectivity index (χ1n) is 9.24. The molecule has 0 spiro atoms. The van der Waals surface area contributed by atoms with Gasteiger partial charge in [-0.05, 0) is 34.6 Å². The number of fused-ring (bicyclic) bond motifs is 1. The molecule has 29 heavy (non-hydrogen) atoms. The van der Waals surface area contributed by atoms with Crippen LogP contribution >= 0.6 is 0 Å². The zero-order valence-corrected chi connectivity index (χ0v) is 17.7. The van der Waals surface area contributed by atoms with Crippen LogP contribution in [0.2, 0.25) is 0 Å². The number of nitrogens with one attached hydrogen (secondary N) is 1. The van der Waals surface area contributed by atoms with Crippen molar-refractivity contribution in [1.82, 2.24) is 24.0 Å². The largest absolute Gasteiger partial charge is 0.468 e. The van der Waals surface area contributed by atoms with Crippen molar-refractivity contribution < 1.29 is 19.1 Å². The van der Waals surface area contributed by atoms with Crippen LogP contribution in [0.4, 0.5) is 4.79 Å². The molecule has 0 saturated carbocycles. The third-order valence-electron chi connectivity index (χ3n) is 3.68. The van der Waals surface area contributed by atoms with E-state index in [1.165, 1.54) is 17.9 Å². The normalized spacial score (nSPS) is 10.8. The Balaban J connectivity index is 0.000000749. The van der Waals surface area contributed by atoms with Crippen molar-refractivity contribution in [3.8, 4) is 0 Å². The van der Waals surface area contributed by atoms with Crippen LogP contribution < -0.4 is 16.6 Å². The zero-order valence-electron chi connectivity index (χ0n) is 17.7. The molecule has 11 heteroatoms. The Morgan fingerprint density at radius 3 is 2.41 bits per heavy atom. The highest BCUT2D eigenvalue weighted by atomic mass is 16.6. The summed E-state index contributed by atoms with van der Waals surface area (Å²) in [5.74, 6) is 0. The molecule has 0 aliphatic carbocycles. The smallest absolute Gasteiger partial charge is 0.407 e. The van der Waals surface area contributed by atoms with E-state index in [4.69, 9.17) is 4.74 Å². The highest BCUT2D eigenvalue weighted by Gasteiger charge is 2.17. The summed E-state index contributed by atoms with van der Waals surface area (Å²) in [6.45, 7) is 10.8. The summed E-state index contributed by atoms with van der Waals surface area (Å²) in [7, 11) is 1.43. The summed E-state index contributed by atoms with van der Waals surface area (Å²) in [5, 5.41) is 2.59. The van der Waals surface area contributed by atoms with Crippen molar-refractivity contribution in [3.05, 3.63) is 27.2 Å². The number of carbonyl (C=O) groups is 2. The summed E-state index contributed by atoms with van der Waals surface area (Å²) < 4.78 is 13.4. The molecule has 1 N–H and O–H groups in total. The molecular formula is C18H29N5O6. The first-order chi connectivity index (χ1) is 13.6. The second kappa shape index (κ2) is 10.4. The van der Waals surface area contributed by atoms with Gasteiger partial charge in [-0.15, -0.1) is 0 Å². The highest BCUT2D eigenvalue weighted by molar-refractivity contribution is 5.70. The van der Waals surface area contributed by atoms with Gasteiger partial charge in [0.1, 0.15) is 5.60 Å². The number of aryl methyl sites for hydroxylation is 1. The zero-order chi connectivity index (χ0) is 22.2. The Morgan fingerprint density at radius 1 is 1.28 bits per heavy atom. The van der Waals surface area contributed by atoms with E-state index < -0.39 is 17.4 Å². The SMILES string of the molecule is CCOC=O.CCn1cnc2c1c(=O)n(C)c(=O)n2CCNC(=O)OC(C)(C)C. The van der Waals surface area contributed by atoms with Gasteiger partial charge in [0.25, 0.3) is 12.0 Å². The molecule has 0 atom stereocenters. The fraction of sp³-hybridized carbons (Fsp3) is 0.611. The summed E-state index contributed by atoms with van der Waals surface area (Å²) in [6, 6.07) is 0. The van der Waals surface area contributed by atoms with E-state index in [-0.39, 0.29) is 18.6 Å². The number of rotatable bonds is 6. The molecule has 0 bridgehead atoms. The second-order valence-corrected chi connectivity index (χ2v) is 6.98. The van der Waals surface area contributed by atoms with E-state index in [0.717, 1.165) is 4.57 Å². The van der Waals surface area contributed by atoms with Crippen LogP contribution in [0.25, 0.3) is 11.2 Å². The molecule has 0 radical (unpaired) electrons. The quantitative estimate of drug-likeness (QED) is 0.691. The molecule has 162 valence electrons. The van der Waals surface area contributed by atoms with Gasteiger partial charge in [0.2, 0.25) is 0 Å². The van der Waals surface area contributed by atoms with Crippen LogP contribution in [0.3, 0.4) is 0 Å². The number of nitrogens with zero attached hydrogens (tertiary/aromatic N) is 4. The number of carbonyl (C=O) groups excluding carboxylic acids is 2. The summed E-state index contributed by atoms with van der Waals surface area (Å²) >= 11 is 0. The average molecular weight is 411 g/mol. The highest BCUT2D eigenvalue weighted by Crippen LogP contribution is 2.07. The summed E-state index contributed by atoms with van der Waals surface area (Å²) in [6.07, 6.45) is 0.972. The topological polar surface area (TPSA) is 126 Å². The van der Waals surface area contributed by atoms with E-state index in [2.05, 4.69) is 15.0 Å². The fourth-order valence-electron chi connectivity index (χ4n) is 2.40. The van der Waals surface area contributed by atoms with E-state index in [9.17, 15) is 19.2 Å². The molecule has 11 nitrogen and oxygen atoms in total. The van der Waals surface area contributed by atoms with Gasteiger partial charge in [0, 0.05) is 26.7 Å². The number of alkyl carbamates (subject to hydrolysis) is 1. The number of imidazole rings is 1. The number of aromatic nitrogens is 4. The number of amides is 1. The Hall–Kier alpha value is -3.11. The molecular weight excluding hydrogens is 382 g/mol. The molecule has 1 amide bonds. The van der Waals surface area contributed by atoms with Crippen molar-refractivity contribution >= 4 is 23.7 Å². The molecule has 2 rings (SSSR count). The van der Waals surface area contributed by atoms with Crippen LogP contribution in [-0.4, -0.2) is 50.0 Å². The van der Waals surface area contributed by atoms with Gasteiger partial charge in [0.05, 0.1) is 12.9 Å². The first-order valence-corrected chi connectivity index (χ1v) is 9.24. The summed E-state index contributed by atoms with van der Waals surface area (Å²) in [4.78, 5) is 49.7. The minimum atomic E-state index is -0.593. The fourth-order valence-corrected chi connectivity index (χ4v) is 2.40. The maximum Gasteiger partial charge on any atom is 0.407 e. The molecule has 0 aliphatic rings. The molecule has 0 saturated heterocycles. The van der Waals surface area contributed by atoms with Crippen LogP contribution in [0.15, 0.2) is 15.9 Å². The van der Waals surface area contributed by atoms with E-state index in [0.29, 0.717) is 30.8 Å². The first kappa shape index (κ1) is 23.9. The minimum Gasteiger partial charge on any atom is -0.468 e. The third kappa shape index (κ3) is 6.47. The Morgan fingerprint density at radius 2 is 1.93 bits per heavy atom. The second-order valence-electron chi connectivity index (χ2n) is 6.98. The molecule has 0 aliphatic heterocycles. The molecule has 2 aromatic rings. The van der Waals surface area contributed by atoms with Crippen LogP contribution in [0.5, 0.6) is 0 Å². The average Bonchev–Trinajstić information content (AvgIpc) is 3.06. The Bertz CT molecular complexity index is 951. The third-order valence-corrected chi connectivity index (χ3v) is 3.68. The van der Waals surface area contributed by atoms with Crippen molar-refractivity contribution in [2.45, 2.75) is 53.3 Å². The predicted octanol–water partition coefficient (Wildman–Crippen LogP) is 0.621. The number of hydrogen-bond donors (Lipinski definition) is 1. The van der Waals surface area contributed by atoms with Gasteiger partial charge in [-0.1, -0.05) is 0 Å². The van der Waals surface area contributed by atoms with Crippen molar-refractivity contribution in [3.63, 3.8) is 0 Å². The van der Waals surface area contributed by atoms with Crippen molar-refractivity contribution in [1.29, 1.82) is 0 Å². The van der Waals surface area contributed by atoms with Gasteiger partial charge >= 0.3 is 11.8 Å². The maximum absolute atomic E-state index is 12.3. The number of ether oxygens (including phenoxy) is 2. The standard InChI is InChI=1S/C15H23N5O4.C3H6O2/c1-6-19-9-17-11-10(19)12(21)18(5)14(23)20(11)8-7-16-13(22)24-15(2,3)4;1-2-5-3-4/h9H,6-8H2,1-5H3,(H,16,22);3H,2H2,1H3. The Labute approximate surface area is 168 Å². The molecule has 0 aromatic carbocycles. The minimum absolute atomic E-state index is 0.182. The Kier molecular flexibility index (Phi) is 8.61. The maximum atomic E-state index is 12.3. The lowest BCUT2D eigenvalue weighted by Gasteiger charge is -2.19. The number of hydrogen-bond acceptors (Lipinski definition) is 7. The molecule has 2 aromatic heterocycles. The van der Waals surface area contributed by atoms with Crippen LogP contribution in [-0.2, 0) is 34.4 Å². The lowest BCUT2D eigenvalue weighted by Crippen LogP contribution is -2.41. The lowest BCUT2D eigenvalue weighted by molar-refractivity contribution is -0.128. The molecule has 0 fully saturated rings. The van der Waals surface area contributed by atoms with Crippen molar-refractivity contribution in [2.75, 3.05) is 13.2 Å². The van der Waals surface area contributed by atoms with E-state index >= 15 is 0 Å². The van der Waals surface area contributed by atoms with Crippen LogP contribution in [0.1, 0.15) is 34.6 Å². The monoisotopic (exact) mass is 411 g/mol. The van der Waals surface area contributed by atoms with Crippen LogP contribution in [0, 0.1) is 0 Å². The van der Waals surface area contributed by atoms with E-state index in [1.807, 2.05) is 6.92 Å². The van der Waals surface area contributed by atoms with Gasteiger partial charge < -0.3 is 19.4 Å².